The third-order valence-corrected chi connectivity index (χ3v) is 3.33. The number of hydrogen-bond donors (Lipinski definition) is 0. The minimum Gasteiger partial charge on any atom is -0.296 e. The van der Waals surface area contributed by atoms with Crippen molar-refractivity contribution in [1.82, 2.24) is 29.3 Å². The molecular formula is C15H18N6. The van der Waals surface area contributed by atoms with E-state index in [1.54, 1.807) is 10.9 Å². The van der Waals surface area contributed by atoms with E-state index in [1.165, 1.54) is 0 Å². The second-order valence-electron chi connectivity index (χ2n) is 5.38. The maximum absolute atomic E-state index is 4.43. The lowest BCUT2D eigenvalue weighted by molar-refractivity contribution is 0.756. The van der Waals surface area contributed by atoms with E-state index in [2.05, 4.69) is 33.9 Å². The van der Waals surface area contributed by atoms with Gasteiger partial charge in [-0.3, -0.25) is 9.25 Å². The van der Waals surface area contributed by atoms with Gasteiger partial charge in [-0.25, -0.2) is 15.0 Å². The standard InChI is InChI=1S/C15H18N6/c1-10(2)14-17-7-12(8-18-14)15-16-5-6-21(15)13-9-20(4)19-11(13)3/h5-10H,1-4H3. The summed E-state index contributed by atoms with van der Waals surface area (Å²) in [4.78, 5) is 13.3. The van der Waals surface area contributed by atoms with Crippen molar-refractivity contribution in [2.24, 2.45) is 7.05 Å². The fourth-order valence-electron chi connectivity index (χ4n) is 2.29. The van der Waals surface area contributed by atoms with Crippen molar-refractivity contribution >= 4 is 0 Å². The first-order chi connectivity index (χ1) is 10.1. The maximum atomic E-state index is 4.43. The van der Waals surface area contributed by atoms with E-state index in [4.69, 9.17) is 0 Å². The van der Waals surface area contributed by atoms with E-state index in [0.29, 0.717) is 5.92 Å². The number of rotatable bonds is 3. The molecule has 0 N–H and O–H groups in total. The lowest BCUT2D eigenvalue weighted by Gasteiger charge is -2.07. The van der Waals surface area contributed by atoms with Crippen LogP contribution in [0.2, 0.25) is 0 Å². The average molecular weight is 282 g/mol. The summed E-state index contributed by atoms with van der Waals surface area (Å²) in [6.45, 7) is 6.14. The summed E-state index contributed by atoms with van der Waals surface area (Å²) < 4.78 is 3.81. The van der Waals surface area contributed by atoms with Gasteiger partial charge in [0.05, 0.1) is 16.9 Å². The summed E-state index contributed by atoms with van der Waals surface area (Å²) in [5, 5.41) is 4.38. The molecule has 0 fully saturated rings. The molecule has 0 aliphatic rings. The number of aryl methyl sites for hydroxylation is 2. The van der Waals surface area contributed by atoms with E-state index >= 15 is 0 Å². The molecule has 0 saturated carbocycles. The van der Waals surface area contributed by atoms with E-state index < -0.39 is 0 Å². The van der Waals surface area contributed by atoms with Crippen LogP contribution in [0.3, 0.4) is 0 Å². The highest BCUT2D eigenvalue weighted by atomic mass is 15.3. The van der Waals surface area contributed by atoms with E-state index in [1.807, 2.05) is 43.3 Å². The molecular weight excluding hydrogens is 264 g/mol. The van der Waals surface area contributed by atoms with Crippen molar-refractivity contribution in [3.05, 3.63) is 42.5 Å². The first-order valence-corrected chi connectivity index (χ1v) is 6.92. The average Bonchev–Trinajstić information content (AvgIpc) is 3.05. The second-order valence-corrected chi connectivity index (χ2v) is 5.38. The van der Waals surface area contributed by atoms with Crippen LogP contribution >= 0.6 is 0 Å². The third-order valence-electron chi connectivity index (χ3n) is 3.33. The molecule has 3 heterocycles. The molecule has 0 bridgehead atoms. The van der Waals surface area contributed by atoms with E-state index in [0.717, 1.165) is 28.6 Å². The normalized spacial score (nSPS) is 11.3. The molecule has 0 aliphatic heterocycles. The summed E-state index contributed by atoms with van der Waals surface area (Å²) in [5.74, 6) is 1.98. The Bertz CT molecular complexity index is 751. The van der Waals surface area contributed by atoms with E-state index in [9.17, 15) is 0 Å². The Morgan fingerprint density at radius 2 is 1.81 bits per heavy atom. The Morgan fingerprint density at radius 3 is 2.38 bits per heavy atom. The Balaban J connectivity index is 2.04. The van der Waals surface area contributed by atoms with Gasteiger partial charge in [-0.2, -0.15) is 5.10 Å². The smallest absolute Gasteiger partial charge is 0.147 e. The maximum Gasteiger partial charge on any atom is 0.147 e. The topological polar surface area (TPSA) is 61.4 Å². The fraction of sp³-hybridized carbons (Fsp3) is 0.333. The largest absolute Gasteiger partial charge is 0.296 e. The van der Waals surface area contributed by atoms with Crippen LogP contribution in [0.1, 0.15) is 31.3 Å². The van der Waals surface area contributed by atoms with Crippen molar-refractivity contribution in [3.8, 4) is 17.1 Å². The molecule has 0 unspecified atom stereocenters. The Hall–Kier alpha value is -2.50. The number of hydrogen-bond acceptors (Lipinski definition) is 4. The minimum absolute atomic E-state index is 0.319. The number of nitrogens with zero attached hydrogens (tertiary/aromatic N) is 6. The molecule has 0 saturated heterocycles. The highest BCUT2D eigenvalue weighted by Crippen LogP contribution is 2.22. The van der Waals surface area contributed by atoms with Crippen LogP contribution in [0.5, 0.6) is 0 Å². The number of aromatic nitrogens is 6. The molecule has 0 amide bonds. The summed E-state index contributed by atoms with van der Waals surface area (Å²) in [6.07, 6.45) is 9.33. The molecule has 6 nitrogen and oxygen atoms in total. The highest BCUT2D eigenvalue weighted by molar-refractivity contribution is 5.57. The summed E-state index contributed by atoms with van der Waals surface area (Å²) in [5.41, 5.74) is 2.86. The molecule has 3 rings (SSSR count). The van der Waals surface area contributed by atoms with Gasteiger partial charge < -0.3 is 0 Å². The molecule has 21 heavy (non-hydrogen) atoms. The quantitative estimate of drug-likeness (QED) is 0.740. The predicted molar refractivity (Wildman–Crippen MR) is 80.2 cm³/mol. The van der Waals surface area contributed by atoms with E-state index in [-0.39, 0.29) is 0 Å². The molecule has 108 valence electrons. The summed E-state index contributed by atoms with van der Waals surface area (Å²) >= 11 is 0. The molecule has 6 heteroatoms. The van der Waals surface area contributed by atoms with Crippen LogP contribution in [0.4, 0.5) is 0 Å². The monoisotopic (exact) mass is 282 g/mol. The van der Waals surface area contributed by atoms with Crippen molar-refractivity contribution in [3.63, 3.8) is 0 Å². The molecule has 0 radical (unpaired) electrons. The van der Waals surface area contributed by atoms with Gasteiger partial charge in [-0.15, -0.1) is 0 Å². The summed E-state index contributed by atoms with van der Waals surface area (Å²) in [6, 6.07) is 0. The van der Waals surface area contributed by atoms with Gasteiger partial charge in [-0.05, 0) is 6.92 Å². The third kappa shape index (κ3) is 2.44. The highest BCUT2D eigenvalue weighted by Gasteiger charge is 2.13. The van der Waals surface area contributed by atoms with Crippen molar-refractivity contribution < 1.29 is 0 Å². The van der Waals surface area contributed by atoms with Crippen LogP contribution in [0, 0.1) is 6.92 Å². The van der Waals surface area contributed by atoms with Crippen molar-refractivity contribution in [2.45, 2.75) is 26.7 Å². The number of imidazole rings is 1. The van der Waals surface area contributed by atoms with Gasteiger partial charge in [0.15, 0.2) is 0 Å². The Morgan fingerprint density at radius 1 is 1.10 bits per heavy atom. The van der Waals surface area contributed by atoms with Gasteiger partial charge in [-0.1, -0.05) is 13.8 Å². The molecule has 0 atom stereocenters. The van der Waals surface area contributed by atoms with Gasteiger partial charge in [0.1, 0.15) is 11.6 Å². The van der Waals surface area contributed by atoms with Crippen molar-refractivity contribution in [2.75, 3.05) is 0 Å². The van der Waals surface area contributed by atoms with Crippen molar-refractivity contribution in [1.29, 1.82) is 0 Å². The molecule has 3 aromatic heterocycles. The minimum atomic E-state index is 0.319. The zero-order valence-electron chi connectivity index (χ0n) is 12.6. The van der Waals surface area contributed by atoms with Gasteiger partial charge in [0.25, 0.3) is 0 Å². The predicted octanol–water partition coefficient (Wildman–Crippen LogP) is 2.49. The lowest BCUT2D eigenvalue weighted by Crippen LogP contribution is -2.00. The lowest BCUT2D eigenvalue weighted by atomic mass is 10.2. The SMILES string of the molecule is Cc1nn(C)cc1-n1ccnc1-c1cnc(C(C)C)nc1. The van der Waals surface area contributed by atoms with Crippen LogP contribution in [-0.4, -0.2) is 29.3 Å². The zero-order chi connectivity index (χ0) is 15.0. The Kier molecular flexibility index (Phi) is 3.29. The Labute approximate surface area is 123 Å². The molecule has 3 aromatic rings. The first-order valence-electron chi connectivity index (χ1n) is 6.92. The first kappa shape index (κ1) is 13.5. The van der Waals surface area contributed by atoms with Crippen LogP contribution in [0.25, 0.3) is 17.1 Å². The van der Waals surface area contributed by atoms with Gasteiger partial charge in [0, 0.05) is 43.9 Å². The fourth-order valence-corrected chi connectivity index (χ4v) is 2.29. The zero-order valence-corrected chi connectivity index (χ0v) is 12.6. The van der Waals surface area contributed by atoms with Gasteiger partial charge >= 0.3 is 0 Å². The summed E-state index contributed by atoms with van der Waals surface area (Å²) in [7, 11) is 1.91. The van der Waals surface area contributed by atoms with Crippen LogP contribution < -0.4 is 0 Å². The second kappa shape index (κ2) is 5.12. The van der Waals surface area contributed by atoms with Crippen LogP contribution in [-0.2, 0) is 7.05 Å². The van der Waals surface area contributed by atoms with Gasteiger partial charge in [0.2, 0.25) is 0 Å². The molecule has 0 aliphatic carbocycles. The molecule has 0 spiro atoms. The molecule has 0 aromatic carbocycles. The van der Waals surface area contributed by atoms with Crippen LogP contribution in [0.15, 0.2) is 31.0 Å².